The smallest absolute Gasteiger partial charge is 0.331 e. The highest BCUT2D eigenvalue weighted by atomic mass is 19.1. The van der Waals surface area contributed by atoms with Crippen LogP contribution < -0.4 is 11.2 Å². The standard InChI is InChI=1S/C10H15FN2O3/c1-5(2)6(3)4-13-9(15)7(11)8(14)12-10(13)16/h5-6,15H,4H2,1-3H3,(H,12,14,16). The van der Waals surface area contributed by atoms with Crippen molar-refractivity contribution in [1.29, 1.82) is 0 Å². The Kier molecular flexibility index (Phi) is 3.51. The third-order valence-electron chi connectivity index (χ3n) is 2.73. The van der Waals surface area contributed by atoms with E-state index in [4.69, 9.17) is 0 Å². The molecule has 0 aliphatic carbocycles. The van der Waals surface area contributed by atoms with Crippen LogP contribution in [0.1, 0.15) is 20.8 Å². The Balaban J connectivity index is 3.20. The highest BCUT2D eigenvalue weighted by Gasteiger charge is 2.16. The molecule has 0 aromatic carbocycles. The van der Waals surface area contributed by atoms with Gasteiger partial charge in [-0.05, 0) is 11.8 Å². The summed E-state index contributed by atoms with van der Waals surface area (Å²) in [6.45, 7) is 5.94. The minimum Gasteiger partial charge on any atom is -0.492 e. The second kappa shape index (κ2) is 4.51. The monoisotopic (exact) mass is 230 g/mol. The van der Waals surface area contributed by atoms with E-state index in [0.29, 0.717) is 0 Å². The van der Waals surface area contributed by atoms with Crippen molar-refractivity contribution in [3.05, 3.63) is 26.7 Å². The summed E-state index contributed by atoms with van der Waals surface area (Å²) in [7, 11) is 0. The summed E-state index contributed by atoms with van der Waals surface area (Å²) in [5, 5.41) is 9.36. The normalized spacial score (nSPS) is 13.1. The Labute approximate surface area is 91.6 Å². The number of aromatic nitrogens is 2. The summed E-state index contributed by atoms with van der Waals surface area (Å²) in [5.74, 6) is -1.87. The zero-order valence-electron chi connectivity index (χ0n) is 9.45. The number of aromatic amines is 1. The third-order valence-corrected chi connectivity index (χ3v) is 2.73. The largest absolute Gasteiger partial charge is 0.492 e. The first-order valence-corrected chi connectivity index (χ1v) is 5.06. The SMILES string of the molecule is CC(C)C(C)Cn1c(O)c(F)c(=O)[nH]c1=O. The molecule has 2 N–H and O–H groups in total. The van der Waals surface area contributed by atoms with Gasteiger partial charge in [0.15, 0.2) is 0 Å². The highest BCUT2D eigenvalue weighted by molar-refractivity contribution is 5.09. The fraction of sp³-hybridized carbons (Fsp3) is 0.600. The molecule has 6 heteroatoms. The molecule has 0 saturated heterocycles. The van der Waals surface area contributed by atoms with Crippen molar-refractivity contribution in [1.82, 2.24) is 9.55 Å². The molecule has 5 nitrogen and oxygen atoms in total. The first kappa shape index (κ1) is 12.5. The molecule has 16 heavy (non-hydrogen) atoms. The van der Waals surface area contributed by atoms with Gasteiger partial charge in [0.1, 0.15) is 0 Å². The number of nitrogens with one attached hydrogen (secondary N) is 1. The van der Waals surface area contributed by atoms with Crippen LogP contribution in [0, 0.1) is 17.7 Å². The molecule has 0 fully saturated rings. The van der Waals surface area contributed by atoms with Crippen LogP contribution in [-0.4, -0.2) is 14.7 Å². The Hall–Kier alpha value is -1.59. The van der Waals surface area contributed by atoms with Crippen molar-refractivity contribution in [3.63, 3.8) is 0 Å². The summed E-state index contributed by atoms with van der Waals surface area (Å²) in [6, 6.07) is 0. The second-order valence-corrected chi connectivity index (χ2v) is 4.23. The topological polar surface area (TPSA) is 75.1 Å². The van der Waals surface area contributed by atoms with Crippen LogP contribution in [0.4, 0.5) is 4.39 Å². The lowest BCUT2D eigenvalue weighted by Gasteiger charge is -2.17. The molecule has 0 saturated carbocycles. The van der Waals surface area contributed by atoms with Gasteiger partial charge in [-0.15, -0.1) is 0 Å². The van der Waals surface area contributed by atoms with Crippen LogP contribution >= 0.6 is 0 Å². The van der Waals surface area contributed by atoms with Crippen LogP contribution in [0.25, 0.3) is 0 Å². The van der Waals surface area contributed by atoms with Gasteiger partial charge in [0, 0.05) is 6.54 Å². The van der Waals surface area contributed by atoms with Gasteiger partial charge in [0.25, 0.3) is 5.56 Å². The Morgan fingerprint density at radius 2 is 1.94 bits per heavy atom. The Morgan fingerprint density at radius 1 is 1.38 bits per heavy atom. The van der Waals surface area contributed by atoms with E-state index in [-0.39, 0.29) is 18.4 Å². The molecule has 1 aromatic rings. The first-order valence-electron chi connectivity index (χ1n) is 5.06. The van der Waals surface area contributed by atoms with Crippen LogP contribution in [-0.2, 0) is 6.54 Å². The van der Waals surface area contributed by atoms with Gasteiger partial charge in [-0.25, -0.2) is 4.79 Å². The number of aromatic hydroxyl groups is 1. The van der Waals surface area contributed by atoms with Gasteiger partial charge < -0.3 is 5.11 Å². The molecule has 90 valence electrons. The summed E-state index contributed by atoms with van der Waals surface area (Å²) in [4.78, 5) is 24.0. The zero-order valence-corrected chi connectivity index (χ0v) is 9.45. The molecule has 1 atom stereocenters. The van der Waals surface area contributed by atoms with E-state index in [0.717, 1.165) is 4.57 Å². The molecule has 0 amide bonds. The zero-order chi connectivity index (χ0) is 12.5. The molecule has 0 bridgehead atoms. The lowest BCUT2D eigenvalue weighted by atomic mass is 9.98. The second-order valence-electron chi connectivity index (χ2n) is 4.23. The van der Waals surface area contributed by atoms with E-state index in [9.17, 15) is 19.1 Å². The summed E-state index contributed by atoms with van der Waals surface area (Å²) >= 11 is 0. The van der Waals surface area contributed by atoms with Crippen molar-refractivity contribution in [3.8, 4) is 5.88 Å². The number of rotatable bonds is 3. The fourth-order valence-electron chi connectivity index (χ4n) is 1.20. The molecule has 0 spiro atoms. The van der Waals surface area contributed by atoms with E-state index in [2.05, 4.69) is 0 Å². The maximum absolute atomic E-state index is 13.1. The van der Waals surface area contributed by atoms with Crippen molar-refractivity contribution in [2.75, 3.05) is 0 Å². The number of hydrogen-bond donors (Lipinski definition) is 2. The average Bonchev–Trinajstić information content (AvgIpc) is 2.20. The Bertz CT molecular complexity index is 490. The Morgan fingerprint density at radius 3 is 2.44 bits per heavy atom. The molecule has 0 radical (unpaired) electrons. The quantitative estimate of drug-likeness (QED) is 0.801. The lowest BCUT2D eigenvalue weighted by molar-refractivity contribution is 0.305. The van der Waals surface area contributed by atoms with Gasteiger partial charge in [0.05, 0.1) is 0 Å². The van der Waals surface area contributed by atoms with E-state index in [1.165, 1.54) is 0 Å². The highest BCUT2D eigenvalue weighted by Crippen LogP contribution is 2.15. The van der Waals surface area contributed by atoms with Crippen molar-refractivity contribution in [2.45, 2.75) is 27.3 Å². The molecule has 0 aliphatic heterocycles. The molecular formula is C10H15FN2O3. The number of halogens is 1. The first-order chi connectivity index (χ1) is 7.34. The minimum absolute atomic E-state index is 0.0777. The van der Waals surface area contributed by atoms with Crippen LogP contribution in [0.15, 0.2) is 9.59 Å². The molecule has 1 rings (SSSR count). The maximum Gasteiger partial charge on any atom is 0.331 e. The maximum atomic E-state index is 13.1. The van der Waals surface area contributed by atoms with Crippen molar-refractivity contribution < 1.29 is 9.50 Å². The van der Waals surface area contributed by atoms with Gasteiger partial charge in [0.2, 0.25) is 11.7 Å². The van der Waals surface area contributed by atoms with Crippen LogP contribution in [0.2, 0.25) is 0 Å². The predicted octanol–water partition coefficient (Wildman–Crippen LogP) is 0.673. The van der Waals surface area contributed by atoms with Crippen molar-refractivity contribution >= 4 is 0 Å². The molecule has 1 aromatic heterocycles. The van der Waals surface area contributed by atoms with Gasteiger partial charge in [-0.1, -0.05) is 20.8 Å². The number of hydrogen-bond acceptors (Lipinski definition) is 3. The van der Waals surface area contributed by atoms with Crippen molar-refractivity contribution in [2.24, 2.45) is 11.8 Å². The van der Waals surface area contributed by atoms with Gasteiger partial charge in [-0.3, -0.25) is 14.3 Å². The van der Waals surface area contributed by atoms with E-state index >= 15 is 0 Å². The lowest BCUT2D eigenvalue weighted by Crippen LogP contribution is -2.33. The predicted molar refractivity (Wildman–Crippen MR) is 56.9 cm³/mol. The summed E-state index contributed by atoms with van der Waals surface area (Å²) < 4.78 is 13.9. The van der Waals surface area contributed by atoms with E-state index < -0.39 is 22.9 Å². The number of nitrogens with zero attached hydrogens (tertiary/aromatic N) is 1. The molecule has 1 heterocycles. The molecule has 0 aliphatic rings. The average molecular weight is 230 g/mol. The molecular weight excluding hydrogens is 215 g/mol. The summed E-state index contributed by atoms with van der Waals surface area (Å²) in [6.07, 6.45) is 0. The van der Waals surface area contributed by atoms with Gasteiger partial charge >= 0.3 is 5.69 Å². The van der Waals surface area contributed by atoms with Gasteiger partial charge in [-0.2, -0.15) is 4.39 Å². The molecule has 1 unspecified atom stereocenters. The van der Waals surface area contributed by atoms with E-state index in [1.807, 2.05) is 25.8 Å². The number of H-pyrrole nitrogens is 1. The van der Waals surface area contributed by atoms with Crippen LogP contribution in [0.5, 0.6) is 5.88 Å². The fourth-order valence-corrected chi connectivity index (χ4v) is 1.20. The van der Waals surface area contributed by atoms with Crippen LogP contribution in [0.3, 0.4) is 0 Å². The van der Waals surface area contributed by atoms with E-state index in [1.54, 1.807) is 0 Å². The third kappa shape index (κ3) is 2.32. The summed E-state index contributed by atoms with van der Waals surface area (Å²) in [5.41, 5.74) is -1.99. The minimum atomic E-state index is -1.32.